The first-order chi connectivity index (χ1) is 9.93. The van der Waals surface area contributed by atoms with Crippen LogP contribution in [0.4, 0.5) is 10.9 Å². The summed E-state index contributed by atoms with van der Waals surface area (Å²) in [5, 5.41) is 6.69. The monoisotopic (exact) mass is 314 g/mol. The molecule has 1 unspecified atom stereocenters. The van der Waals surface area contributed by atoms with Crippen LogP contribution in [0.25, 0.3) is 0 Å². The first kappa shape index (κ1) is 17.7. The molecule has 0 radical (unpaired) electrons. The first-order valence-corrected chi connectivity index (χ1v) is 8.05. The van der Waals surface area contributed by atoms with E-state index < -0.39 is 0 Å². The molecule has 6 nitrogen and oxygen atoms in total. The minimum atomic E-state index is -0.152. The number of nitrogens with two attached hydrogens (primary N) is 1. The summed E-state index contributed by atoms with van der Waals surface area (Å²) < 4.78 is 4.95. The van der Waals surface area contributed by atoms with Crippen LogP contribution in [0.3, 0.4) is 0 Å². The van der Waals surface area contributed by atoms with Crippen molar-refractivity contribution >= 4 is 28.2 Å². The molecule has 1 heterocycles. The predicted octanol–water partition coefficient (Wildman–Crippen LogP) is 2.34. The van der Waals surface area contributed by atoms with Gasteiger partial charge in [0.05, 0.1) is 6.61 Å². The number of methoxy groups -OCH3 is 1. The lowest BCUT2D eigenvalue weighted by molar-refractivity contribution is 0.0942. The van der Waals surface area contributed by atoms with Crippen LogP contribution >= 0.6 is 11.3 Å². The molecule has 1 rings (SSSR count). The number of amides is 1. The van der Waals surface area contributed by atoms with Crippen molar-refractivity contribution < 1.29 is 9.53 Å². The molecule has 0 saturated carbocycles. The van der Waals surface area contributed by atoms with Gasteiger partial charge >= 0.3 is 0 Å². The van der Waals surface area contributed by atoms with E-state index in [1.165, 1.54) is 11.3 Å². The van der Waals surface area contributed by atoms with Crippen molar-refractivity contribution in [2.45, 2.75) is 39.7 Å². The Morgan fingerprint density at radius 2 is 2.10 bits per heavy atom. The molecule has 0 aliphatic heterocycles. The van der Waals surface area contributed by atoms with E-state index in [2.05, 4.69) is 29.5 Å². The number of anilines is 2. The summed E-state index contributed by atoms with van der Waals surface area (Å²) >= 11 is 1.27. The van der Waals surface area contributed by atoms with Crippen LogP contribution < -0.4 is 16.4 Å². The van der Waals surface area contributed by atoms with E-state index >= 15 is 0 Å². The third kappa shape index (κ3) is 6.31. The molecule has 1 aromatic heterocycles. The Bertz CT molecular complexity index is 448. The summed E-state index contributed by atoms with van der Waals surface area (Å²) in [7, 11) is 1.63. The zero-order chi connectivity index (χ0) is 15.8. The Morgan fingerprint density at radius 3 is 2.71 bits per heavy atom. The molecule has 0 fully saturated rings. The molecule has 1 aromatic rings. The van der Waals surface area contributed by atoms with E-state index in [1.54, 1.807) is 7.11 Å². The van der Waals surface area contributed by atoms with Gasteiger partial charge in [0.1, 0.15) is 10.7 Å². The minimum absolute atomic E-state index is 0.131. The SMILES string of the molecule is COCCNc1nc(N)c(C(=O)NC(C)CCC(C)C)s1. The lowest BCUT2D eigenvalue weighted by Gasteiger charge is -2.14. The van der Waals surface area contributed by atoms with E-state index in [-0.39, 0.29) is 17.8 Å². The Hall–Kier alpha value is -1.34. The Morgan fingerprint density at radius 1 is 1.38 bits per heavy atom. The zero-order valence-electron chi connectivity index (χ0n) is 13.2. The van der Waals surface area contributed by atoms with Gasteiger partial charge in [0.15, 0.2) is 5.13 Å². The van der Waals surface area contributed by atoms with E-state index in [9.17, 15) is 4.79 Å². The zero-order valence-corrected chi connectivity index (χ0v) is 14.0. The van der Waals surface area contributed by atoms with Crippen molar-refractivity contribution in [2.24, 2.45) is 5.92 Å². The number of nitrogen functional groups attached to an aromatic ring is 1. The lowest BCUT2D eigenvalue weighted by atomic mass is 10.0. The van der Waals surface area contributed by atoms with Gasteiger partial charge in [-0.2, -0.15) is 0 Å². The normalized spacial score (nSPS) is 12.4. The fourth-order valence-electron chi connectivity index (χ4n) is 1.78. The highest BCUT2D eigenvalue weighted by Crippen LogP contribution is 2.24. The van der Waals surface area contributed by atoms with Gasteiger partial charge in [-0.05, 0) is 25.7 Å². The minimum Gasteiger partial charge on any atom is -0.383 e. The van der Waals surface area contributed by atoms with Gasteiger partial charge in [-0.15, -0.1) is 0 Å². The van der Waals surface area contributed by atoms with Gasteiger partial charge in [-0.25, -0.2) is 4.98 Å². The third-order valence-electron chi connectivity index (χ3n) is 3.00. The maximum absolute atomic E-state index is 12.2. The van der Waals surface area contributed by atoms with Gasteiger partial charge in [-0.3, -0.25) is 4.79 Å². The molecular formula is C14H26N4O2S. The second kappa shape index (κ2) is 8.84. The van der Waals surface area contributed by atoms with E-state index in [4.69, 9.17) is 10.5 Å². The van der Waals surface area contributed by atoms with Crippen LogP contribution in [0.5, 0.6) is 0 Å². The topological polar surface area (TPSA) is 89.3 Å². The number of nitrogens with zero attached hydrogens (tertiary/aromatic N) is 1. The molecule has 7 heteroatoms. The molecule has 4 N–H and O–H groups in total. The van der Waals surface area contributed by atoms with Gasteiger partial charge in [0, 0.05) is 19.7 Å². The predicted molar refractivity (Wildman–Crippen MR) is 87.9 cm³/mol. The highest BCUT2D eigenvalue weighted by Gasteiger charge is 2.17. The van der Waals surface area contributed by atoms with E-state index in [0.717, 1.165) is 12.8 Å². The van der Waals surface area contributed by atoms with Crippen LogP contribution in [-0.4, -0.2) is 37.2 Å². The van der Waals surface area contributed by atoms with Crippen LogP contribution in [0.15, 0.2) is 0 Å². The van der Waals surface area contributed by atoms with Gasteiger partial charge in [0.2, 0.25) is 0 Å². The summed E-state index contributed by atoms with van der Waals surface area (Å²) in [6, 6.07) is 0.131. The number of carbonyl (C=O) groups is 1. The number of hydrogen-bond donors (Lipinski definition) is 3. The number of hydrogen-bond acceptors (Lipinski definition) is 6. The molecule has 0 saturated heterocycles. The van der Waals surface area contributed by atoms with Gasteiger partial charge in [0.25, 0.3) is 5.91 Å². The molecule has 120 valence electrons. The van der Waals surface area contributed by atoms with Crippen LogP contribution in [0.1, 0.15) is 43.3 Å². The second-order valence-electron chi connectivity index (χ2n) is 5.50. The molecule has 0 aromatic carbocycles. The van der Waals surface area contributed by atoms with Gasteiger partial charge < -0.3 is 21.1 Å². The molecule has 0 bridgehead atoms. The molecule has 0 spiro atoms. The van der Waals surface area contributed by atoms with Gasteiger partial charge in [-0.1, -0.05) is 25.2 Å². The maximum atomic E-state index is 12.2. The first-order valence-electron chi connectivity index (χ1n) is 7.24. The average Bonchev–Trinajstić information content (AvgIpc) is 2.78. The number of nitrogens with one attached hydrogen (secondary N) is 2. The fourth-order valence-corrected chi connectivity index (χ4v) is 2.59. The Balaban J connectivity index is 2.53. The van der Waals surface area contributed by atoms with E-state index in [1.807, 2.05) is 6.92 Å². The maximum Gasteiger partial charge on any atom is 0.265 e. The largest absolute Gasteiger partial charge is 0.383 e. The molecular weight excluding hydrogens is 288 g/mol. The second-order valence-corrected chi connectivity index (χ2v) is 6.50. The molecule has 1 atom stereocenters. The highest BCUT2D eigenvalue weighted by atomic mass is 32.1. The van der Waals surface area contributed by atoms with Crippen LogP contribution in [0, 0.1) is 5.92 Å². The molecule has 0 aliphatic carbocycles. The number of thiazole rings is 1. The van der Waals surface area contributed by atoms with Crippen molar-refractivity contribution in [1.29, 1.82) is 0 Å². The Labute approximate surface area is 130 Å². The smallest absolute Gasteiger partial charge is 0.265 e. The van der Waals surface area contributed by atoms with Crippen molar-refractivity contribution in [2.75, 3.05) is 31.3 Å². The van der Waals surface area contributed by atoms with Crippen molar-refractivity contribution in [1.82, 2.24) is 10.3 Å². The summed E-state index contributed by atoms with van der Waals surface area (Å²) in [6.07, 6.45) is 2.05. The number of ether oxygens (including phenoxy) is 1. The van der Waals surface area contributed by atoms with Crippen LogP contribution in [-0.2, 0) is 4.74 Å². The fraction of sp³-hybridized carbons (Fsp3) is 0.714. The van der Waals surface area contributed by atoms with Crippen LogP contribution in [0.2, 0.25) is 0 Å². The Kier molecular flexibility index (Phi) is 7.45. The number of aromatic nitrogens is 1. The highest BCUT2D eigenvalue weighted by molar-refractivity contribution is 7.18. The standard InChI is InChI=1S/C14H26N4O2S/c1-9(2)5-6-10(3)17-13(19)11-12(15)18-14(21-11)16-7-8-20-4/h9-10H,5-8,15H2,1-4H3,(H,16,18)(H,17,19). The average molecular weight is 314 g/mol. The number of rotatable bonds is 9. The van der Waals surface area contributed by atoms with Crippen molar-refractivity contribution in [3.8, 4) is 0 Å². The summed E-state index contributed by atoms with van der Waals surface area (Å²) in [6.45, 7) is 7.57. The summed E-state index contributed by atoms with van der Waals surface area (Å²) in [5.74, 6) is 0.754. The quantitative estimate of drug-likeness (QED) is 0.609. The van der Waals surface area contributed by atoms with E-state index in [0.29, 0.717) is 29.1 Å². The molecule has 0 aliphatic rings. The van der Waals surface area contributed by atoms with Crippen molar-refractivity contribution in [3.05, 3.63) is 4.88 Å². The lowest BCUT2D eigenvalue weighted by Crippen LogP contribution is -2.32. The number of carbonyl (C=O) groups excluding carboxylic acids is 1. The molecule has 1 amide bonds. The summed E-state index contributed by atoms with van der Waals surface area (Å²) in [5.41, 5.74) is 5.81. The molecule has 21 heavy (non-hydrogen) atoms. The van der Waals surface area contributed by atoms with Crippen molar-refractivity contribution in [3.63, 3.8) is 0 Å². The third-order valence-corrected chi connectivity index (χ3v) is 4.02. The summed E-state index contributed by atoms with van der Waals surface area (Å²) in [4.78, 5) is 16.8.